The highest BCUT2D eigenvalue weighted by atomic mass is 16.1. The molecule has 0 radical (unpaired) electrons. The van der Waals surface area contributed by atoms with Gasteiger partial charge in [-0.2, -0.15) is 5.26 Å². The van der Waals surface area contributed by atoms with Crippen LogP contribution >= 0.6 is 0 Å². The van der Waals surface area contributed by atoms with Gasteiger partial charge in [0.15, 0.2) is 0 Å². The zero-order valence-electron chi connectivity index (χ0n) is 10.9. The van der Waals surface area contributed by atoms with E-state index in [4.69, 9.17) is 11.0 Å². The maximum Gasteiger partial charge on any atom is 0.224 e. The van der Waals surface area contributed by atoms with Crippen LogP contribution < -0.4 is 16.0 Å². The van der Waals surface area contributed by atoms with E-state index in [1.807, 2.05) is 24.9 Å². The minimum atomic E-state index is -0.130. The lowest BCUT2D eigenvalue weighted by Crippen LogP contribution is -2.34. The van der Waals surface area contributed by atoms with Crippen molar-refractivity contribution in [1.29, 1.82) is 5.26 Å². The van der Waals surface area contributed by atoms with Gasteiger partial charge in [0.05, 0.1) is 28.9 Å². The van der Waals surface area contributed by atoms with E-state index >= 15 is 0 Å². The Balaban J connectivity index is 2.82. The largest absolute Gasteiger partial charge is 0.397 e. The number of anilines is 2. The van der Waals surface area contributed by atoms with E-state index < -0.39 is 0 Å². The maximum atomic E-state index is 11.5. The second-order valence-corrected chi connectivity index (χ2v) is 4.28. The number of amides is 1. The lowest BCUT2D eigenvalue weighted by atomic mass is 10.1. The number of rotatable bonds is 4. The fourth-order valence-corrected chi connectivity index (χ4v) is 1.81. The van der Waals surface area contributed by atoms with E-state index in [9.17, 15) is 4.79 Å². The fourth-order valence-electron chi connectivity index (χ4n) is 1.81. The van der Waals surface area contributed by atoms with Crippen LogP contribution in [0.25, 0.3) is 0 Å². The molecule has 1 amide bonds. The van der Waals surface area contributed by atoms with Gasteiger partial charge in [-0.3, -0.25) is 4.79 Å². The van der Waals surface area contributed by atoms with Crippen LogP contribution in [0.2, 0.25) is 0 Å². The molecule has 1 rings (SSSR count). The van der Waals surface area contributed by atoms with Crippen molar-refractivity contribution >= 4 is 17.3 Å². The molecule has 1 aromatic carbocycles. The molecule has 1 unspecified atom stereocenters. The first kappa shape index (κ1) is 13.8. The third-order valence-electron chi connectivity index (χ3n) is 2.81. The van der Waals surface area contributed by atoms with E-state index in [1.54, 1.807) is 25.2 Å². The van der Waals surface area contributed by atoms with Crippen LogP contribution in [-0.2, 0) is 4.79 Å². The van der Waals surface area contributed by atoms with Crippen LogP contribution in [0, 0.1) is 17.2 Å². The van der Waals surface area contributed by atoms with Crippen LogP contribution in [0.15, 0.2) is 18.2 Å². The Morgan fingerprint density at radius 1 is 1.61 bits per heavy atom. The molecule has 0 saturated carbocycles. The molecule has 18 heavy (non-hydrogen) atoms. The van der Waals surface area contributed by atoms with E-state index in [-0.39, 0.29) is 11.8 Å². The van der Waals surface area contributed by atoms with Gasteiger partial charge in [0.2, 0.25) is 5.91 Å². The first-order chi connectivity index (χ1) is 8.49. The van der Waals surface area contributed by atoms with Crippen molar-refractivity contribution in [3.8, 4) is 6.07 Å². The molecule has 0 bridgehead atoms. The van der Waals surface area contributed by atoms with Crippen molar-refractivity contribution in [2.24, 2.45) is 5.92 Å². The van der Waals surface area contributed by atoms with Crippen molar-refractivity contribution in [2.45, 2.75) is 6.92 Å². The van der Waals surface area contributed by atoms with Crippen LogP contribution in [0.4, 0.5) is 11.4 Å². The third-order valence-corrected chi connectivity index (χ3v) is 2.81. The van der Waals surface area contributed by atoms with Gasteiger partial charge in [-0.15, -0.1) is 0 Å². The summed E-state index contributed by atoms with van der Waals surface area (Å²) in [6.45, 7) is 2.42. The van der Waals surface area contributed by atoms with Crippen LogP contribution in [-0.4, -0.2) is 26.5 Å². The van der Waals surface area contributed by atoms with Gasteiger partial charge in [-0.25, -0.2) is 0 Å². The van der Waals surface area contributed by atoms with Crippen molar-refractivity contribution < 1.29 is 4.79 Å². The third kappa shape index (κ3) is 3.14. The maximum absolute atomic E-state index is 11.5. The number of nitrogens with zero attached hydrogens (tertiary/aromatic N) is 2. The average molecular weight is 246 g/mol. The number of hydrogen-bond donors (Lipinski definition) is 2. The van der Waals surface area contributed by atoms with Gasteiger partial charge in [0.1, 0.15) is 0 Å². The van der Waals surface area contributed by atoms with E-state index in [2.05, 4.69) is 5.32 Å². The number of nitrogens with one attached hydrogen (secondary N) is 1. The minimum Gasteiger partial charge on any atom is -0.397 e. The highest BCUT2D eigenvalue weighted by Gasteiger charge is 2.15. The second-order valence-electron chi connectivity index (χ2n) is 4.28. The second kappa shape index (κ2) is 5.92. The molecule has 1 aromatic rings. The number of carbonyl (C=O) groups excluding carboxylic acids is 1. The summed E-state index contributed by atoms with van der Waals surface area (Å²) in [5.41, 5.74) is 7.79. The molecule has 3 N–H and O–H groups in total. The molecule has 0 aliphatic heterocycles. The van der Waals surface area contributed by atoms with Crippen molar-refractivity contribution in [3.05, 3.63) is 23.8 Å². The molecule has 5 nitrogen and oxygen atoms in total. The van der Waals surface area contributed by atoms with Gasteiger partial charge in [-0.05, 0) is 18.2 Å². The molecule has 5 heteroatoms. The first-order valence-corrected chi connectivity index (χ1v) is 5.72. The summed E-state index contributed by atoms with van der Waals surface area (Å²) in [4.78, 5) is 13.4. The summed E-state index contributed by atoms with van der Waals surface area (Å²) in [6, 6.07) is 7.19. The van der Waals surface area contributed by atoms with E-state index in [0.717, 1.165) is 5.69 Å². The normalized spacial score (nSPS) is 11.4. The predicted molar refractivity (Wildman–Crippen MR) is 72.1 cm³/mol. The van der Waals surface area contributed by atoms with Crippen molar-refractivity contribution in [1.82, 2.24) is 5.32 Å². The molecule has 0 aliphatic carbocycles. The number of hydrogen-bond acceptors (Lipinski definition) is 4. The molecular weight excluding hydrogens is 228 g/mol. The molecule has 0 aliphatic rings. The van der Waals surface area contributed by atoms with E-state index in [1.165, 1.54) is 0 Å². The lowest BCUT2D eigenvalue weighted by molar-refractivity contribution is -0.123. The Hall–Kier alpha value is -2.22. The Labute approximate surface area is 107 Å². The molecule has 0 aromatic heterocycles. The molecule has 0 heterocycles. The zero-order chi connectivity index (χ0) is 13.7. The zero-order valence-corrected chi connectivity index (χ0v) is 10.9. The van der Waals surface area contributed by atoms with Gasteiger partial charge in [0, 0.05) is 20.6 Å². The molecule has 1 atom stereocenters. The van der Waals surface area contributed by atoms with E-state index in [0.29, 0.717) is 17.8 Å². The summed E-state index contributed by atoms with van der Waals surface area (Å²) in [5.74, 6) is -0.135. The number of nitrogen functional groups attached to an aromatic ring is 1. The summed E-state index contributed by atoms with van der Waals surface area (Å²) >= 11 is 0. The van der Waals surface area contributed by atoms with Gasteiger partial charge < -0.3 is 16.0 Å². The van der Waals surface area contributed by atoms with Gasteiger partial charge >= 0.3 is 0 Å². The topological polar surface area (TPSA) is 82.2 Å². The number of carbonyl (C=O) groups is 1. The lowest BCUT2D eigenvalue weighted by Gasteiger charge is -2.24. The number of benzene rings is 1. The number of nitrogens with two attached hydrogens (primary N) is 1. The molecule has 0 saturated heterocycles. The number of nitriles is 1. The monoisotopic (exact) mass is 246 g/mol. The van der Waals surface area contributed by atoms with Crippen LogP contribution in [0.3, 0.4) is 0 Å². The molecular formula is C13H18N4O. The van der Waals surface area contributed by atoms with Gasteiger partial charge in [-0.1, -0.05) is 6.92 Å². The standard InChI is InChI=1S/C13H18N4O/c1-9(13(18)16-2)8-17(3)12-5-4-10(7-14)6-11(12)15/h4-6,9H,8,15H2,1-3H3,(H,16,18). The highest BCUT2D eigenvalue weighted by Crippen LogP contribution is 2.23. The average Bonchev–Trinajstić information content (AvgIpc) is 2.37. The summed E-state index contributed by atoms with van der Waals surface area (Å²) < 4.78 is 0. The highest BCUT2D eigenvalue weighted by molar-refractivity contribution is 5.79. The van der Waals surface area contributed by atoms with Gasteiger partial charge in [0.25, 0.3) is 0 Å². The van der Waals surface area contributed by atoms with Crippen LogP contribution in [0.1, 0.15) is 12.5 Å². The Bertz CT molecular complexity index is 478. The van der Waals surface area contributed by atoms with Crippen molar-refractivity contribution in [3.63, 3.8) is 0 Å². The van der Waals surface area contributed by atoms with Crippen LogP contribution in [0.5, 0.6) is 0 Å². The minimum absolute atomic E-state index is 0.00549. The summed E-state index contributed by atoms with van der Waals surface area (Å²) in [6.07, 6.45) is 0. The fraction of sp³-hybridized carbons (Fsp3) is 0.385. The summed E-state index contributed by atoms with van der Waals surface area (Å²) in [5, 5.41) is 11.4. The quantitative estimate of drug-likeness (QED) is 0.775. The molecule has 0 spiro atoms. The molecule has 96 valence electrons. The summed E-state index contributed by atoms with van der Waals surface area (Å²) in [7, 11) is 3.49. The molecule has 0 fully saturated rings. The Morgan fingerprint density at radius 3 is 2.78 bits per heavy atom. The Kier molecular flexibility index (Phi) is 4.55. The SMILES string of the molecule is CNC(=O)C(C)CN(C)c1ccc(C#N)cc1N. The van der Waals surface area contributed by atoms with Crippen molar-refractivity contribution in [2.75, 3.05) is 31.3 Å². The smallest absolute Gasteiger partial charge is 0.224 e. The Morgan fingerprint density at radius 2 is 2.28 bits per heavy atom. The predicted octanol–water partition coefficient (Wildman–Crippen LogP) is 0.959. The first-order valence-electron chi connectivity index (χ1n) is 5.72.